The van der Waals surface area contributed by atoms with E-state index in [1.54, 1.807) is 14.0 Å². The third kappa shape index (κ3) is 3.13. The van der Waals surface area contributed by atoms with E-state index in [2.05, 4.69) is 35.4 Å². The molecule has 0 unspecified atom stereocenters. The number of nitrogens with one attached hydrogen (secondary N) is 2. The van der Waals surface area contributed by atoms with Crippen molar-refractivity contribution in [1.82, 2.24) is 10.3 Å². The Kier molecular flexibility index (Phi) is 4.56. The maximum absolute atomic E-state index is 11.2. The Hall–Kier alpha value is -2.75. The van der Waals surface area contributed by atoms with Crippen molar-refractivity contribution in [2.75, 3.05) is 13.7 Å². The highest BCUT2D eigenvalue weighted by Crippen LogP contribution is 2.34. The third-order valence-corrected chi connectivity index (χ3v) is 4.28. The number of carbonyl (C=O) groups excluding carboxylic acids is 1. The first-order valence-electron chi connectivity index (χ1n) is 8.09. The molecule has 4 heteroatoms. The SMILES string of the molecule is COc1ccc2[nH]c(-c3ccccc3C)c(CCNC(C)=O)c2c1. The zero-order valence-electron chi connectivity index (χ0n) is 14.3. The summed E-state index contributed by atoms with van der Waals surface area (Å²) in [5.41, 5.74) is 5.79. The van der Waals surface area contributed by atoms with Gasteiger partial charge in [0.1, 0.15) is 5.75 Å². The van der Waals surface area contributed by atoms with Gasteiger partial charge in [0.2, 0.25) is 5.91 Å². The molecule has 0 aliphatic carbocycles. The van der Waals surface area contributed by atoms with Crippen LogP contribution in [-0.2, 0) is 11.2 Å². The minimum atomic E-state index is -0.00939. The summed E-state index contributed by atoms with van der Waals surface area (Å²) in [6.45, 7) is 4.26. The van der Waals surface area contributed by atoms with Crippen LogP contribution in [0.4, 0.5) is 0 Å². The molecule has 0 fully saturated rings. The molecular formula is C20H22N2O2. The minimum absolute atomic E-state index is 0.00939. The predicted molar refractivity (Wildman–Crippen MR) is 97.4 cm³/mol. The number of methoxy groups -OCH3 is 1. The van der Waals surface area contributed by atoms with Crippen molar-refractivity contribution in [2.45, 2.75) is 20.3 Å². The molecule has 0 atom stereocenters. The number of aryl methyl sites for hydroxylation is 1. The second-order valence-electron chi connectivity index (χ2n) is 5.94. The van der Waals surface area contributed by atoms with Gasteiger partial charge in [-0.3, -0.25) is 4.79 Å². The van der Waals surface area contributed by atoms with Gasteiger partial charge in [-0.15, -0.1) is 0 Å². The first-order valence-corrected chi connectivity index (χ1v) is 8.09. The molecule has 1 heterocycles. The first-order chi connectivity index (χ1) is 11.6. The summed E-state index contributed by atoms with van der Waals surface area (Å²) in [6, 6.07) is 14.4. The van der Waals surface area contributed by atoms with Gasteiger partial charge in [0.05, 0.1) is 12.8 Å². The third-order valence-electron chi connectivity index (χ3n) is 4.28. The van der Waals surface area contributed by atoms with Gasteiger partial charge < -0.3 is 15.0 Å². The second kappa shape index (κ2) is 6.79. The Morgan fingerprint density at radius 2 is 2.00 bits per heavy atom. The maximum Gasteiger partial charge on any atom is 0.216 e. The number of carbonyl (C=O) groups is 1. The number of aromatic nitrogens is 1. The lowest BCUT2D eigenvalue weighted by atomic mass is 9.99. The Morgan fingerprint density at radius 1 is 1.21 bits per heavy atom. The number of ether oxygens (including phenoxy) is 1. The van der Waals surface area contributed by atoms with Crippen molar-refractivity contribution < 1.29 is 9.53 Å². The molecule has 3 aromatic rings. The molecule has 3 rings (SSSR count). The van der Waals surface area contributed by atoms with Crippen molar-refractivity contribution in [2.24, 2.45) is 0 Å². The second-order valence-corrected chi connectivity index (χ2v) is 5.94. The average molecular weight is 322 g/mol. The first kappa shape index (κ1) is 16.1. The molecule has 2 N–H and O–H groups in total. The van der Waals surface area contributed by atoms with Crippen molar-refractivity contribution in [3.05, 3.63) is 53.6 Å². The highest BCUT2D eigenvalue weighted by atomic mass is 16.5. The van der Waals surface area contributed by atoms with Crippen LogP contribution in [0.25, 0.3) is 22.2 Å². The predicted octanol–water partition coefficient (Wildman–Crippen LogP) is 3.83. The summed E-state index contributed by atoms with van der Waals surface area (Å²) in [5, 5.41) is 4.02. The van der Waals surface area contributed by atoms with Gasteiger partial charge in [-0.1, -0.05) is 24.3 Å². The highest BCUT2D eigenvalue weighted by molar-refractivity contribution is 5.92. The van der Waals surface area contributed by atoms with Crippen LogP contribution >= 0.6 is 0 Å². The molecule has 0 aliphatic heterocycles. The van der Waals surface area contributed by atoms with Gasteiger partial charge in [-0.25, -0.2) is 0 Å². The number of benzene rings is 2. The molecule has 24 heavy (non-hydrogen) atoms. The smallest absolute Gasteiger partial charge is 0.216 e. The monoisotopic (exact) mass is 322 g/mol. The molecule has 4 nitrogen and oxygen atoms in total. The quantitative estimate of drug-likeness (QED) is 0.750. The van der Waals surface area contributed by atoms with Crippen LogP contribution in [0.3, 0.4) is 0 Å². The normalized spacial score (nSPS) is 10.8. The summed E-state index contributed by atoms with van der Waals surface area (Å²) in [5.74, 6) is 0.823. The van der Waals surface area contributed by atoms with Crippen LogP contribution in [-0.4, -0.2) is 24.5 Å². The van der Waals surface area contributed by atoms with E-state index < -0.39 is 0 Å². The van der Waals surface area contributed by atoms with E-state index >= 15 is 0 Å². The van der Waals surface area contributed by atoms with Crippen LogP contribution in [0, 0.1) is 6.92 Å². The summed E-state index contributed by atoms with van der Waals surface area (Å²) in [6.07, 6.45) is 0.760. The molecule has 0 aliphatic rings. The summed E-state index contributed by atoms with van der Waals surface area (Å²) in [7, 11) is 1.67. The van der Waals surface area contributed by atoms with E-state index in [0.29, 0.717) is 6.54 Å². The van der Waals surface area contributed by atoms with Crippen LogP contribution in [0.5, 0.6) is 5.75 Å². The molecule has 1 amide bonds. The number of aromatic amines is 1. The standard InChI is InChI=1S/C20H22N2O2/c1-13-6-4-5-7-16(13)20-17(10-11-21-14(2)23)18-12-15(24-3)8-9-19(18)22-20/h4-9,12,22H,10-11H2,1-3H3,(H,21,23). The molecule has 0 radical (unpaired) electrons. The minimum Gasteiger partial charge on any atom is -0.497 e. The van der Waals surface area contributed by atoms with Crippen LogP contribution in [0.15, 0.2) is 42.5 Å². The molecular weight excluding hydrogens is 300 g/mol. The van der Waals surface area contributed by atoms with Gasteiger partial charge >= 0.3 is 0 Å². The lowest BCUT2D eigenvalue weighted by molar-refractivity contribution is -0.118. The number of rotatable bonds is 5. The Bertz CT molecular complexity index is 880. The zero-order chi connectivity index (χ0) is 17.1. The van der Waals surface area contributed by atoms with Crippen LogP contribution in [0.2, 0.25) is 0 Å². The van der Waals surface area contributed by atoms with E-state index in [4.69, 9.17) is 4.74 Å². The van der Waals surface area contributed by atoms with E-state index in [1.807, 2.05) is 24.3 Å². The molecule has 0 saturated carbocycles. The zero-order valence-corrected chi connectivity index (χ0v) is 14.3. The Labute approximate surface area is 141 Å². The largest absolute Gasteiger partial charge is 0.497 e. The molecule has 2 aromatic carbocycles. The highest BCUT2D eigenvalue weighted by Gasteiger charge is 2.15. The number of fused-ring (bicyclic) bond motifs is 1. The Balaban J connectivity index is 2.12. The average Bonchev–Trinajstić information content (AvgIpc) is 2.92. The van der Waals surface area contributed by atoms with Crippen LogP contribution < -0.4 is 10.1 Å². The molecule has 0 bridgehead atoms. The van der Waals surface area contributed by atoms with E-state index in [9.17, 15) is 4.79 Å². The fraction of sp³-hybridized carbons (Fsp3) is 0.250. The van der Waals surface area contributed by atoms with Crippen molar-refractivity contribution in [3.63, 3.8) is 0 Å². The van der Waals surface area contributed by atoms with Crippen molar-refractivity contribution >= 4 is 16.8 Å². The van der Waals surface area contributed by atoms with E-state index in [-0.39, 0.29) is 5.91 Å². The number of hydrogen-bond acceptors (Lipinski definition) is 2. The van der Waals surface area contributed by atoms with Gasteiger partial charge in [-0.2, -0.15) is 0 Å². The maximum atomic E-state index is 11.2. The molecule has 0 saturated heterocycles. The fourth-order valence-electron chi connectivity index (χ4n) is 3.06. The molecule has 124 valence electrons. The Morgan fingerprint density at radius 3 is 2.71 bits per heavy atom. The lowest BCUT2D eigenvalue weighted by Gasteiger charge is -2.09. The van der Waals surface area contributed by atoms with Gasteiger partial charge in [0.15, 0.2) is 0 Å². The summed E-state index contributed by atoms with van der Waals surface area (Å²) >= 11 is 0. The number of amides is 1. The topological polar surface area (TPSA) is 54.1 Å². The summed E-state index contributed by atoms with van der Waals surface area (Å²) in [4.78, 5) is 14.7. The fourth-order valence-corrected chi connectivity index (χ4v) is 3.06. The summed E-state index contributed by atoms with van der Waals surface area (Å²) < 4.78 is 5.38. The van der Waals surface area contributed by atoms with Crippen LogP contribution in [0.1, 0.15) is 18.1 Å². The van der Waals surface area contributed by atoms with Gasteiger partial charge in [-0.05, 0) is 42.7 Å². The number of hydrogen-bond donors (Lipinski definition) is 2. The van der Waals surface area contributed by atoms with Gasteiger partial charge in [0.25, 0.3) is 0 Å². The van der Waals surface area contributed by atoms with E-state index in [0.717, 1.165) is 28.8 Å². The molecule has 1 aromatic heterocycles. The van der Waals surface area contributed by atoms with E-state index in [1.165, 1.54) is 16.7 Å². The van der Waals surface area contributed by atoms with Crippen molar-refractivity contribution in [1.29, 1.82) is 0 Å². The lowest BCUT2D eigenvalue weighted by Crippen LogP contribution is -2.22. The van der Waals surface area contributed by atoms with Gasteiger partial charge in [0, 0.05) is 29.9 Å². The number of H-pyrrole nitrogens is 1. The molecule has 0 spiro atoms. The van der Waals surface area contributed by atoms with Crippen molar-refractivity contribution in [3.8, 4) is 17.0 Å².